The molecule has 0 radical (unpaired) electrons. The standard InChI is InChI=1S/C11H11BrO3S/c12-11-4-2-1-3-9(11)7-15-10-5-6-16(13,14)8-10/h1-6,10H,7-8H2. The molecule has 1 heterocycles. The molecule has 0 N–H and O–H groups in total. The Kier molecular flexibility index (Phi) is 3.47. The monoisotopic (exact) mass is 302 g/mol. The van der Waals surface area contributed by atoms with Crippen LogP contribution in [0.15, 0.2) is 40.2 Å². The Morgan fingerprint density at radius 2 is 2.12 bits per heavy atom. The summed E-state index contributed by atoms with van der Waals surface area (Å²) in [6.45, 7) is 0.409. The smallest absolute Gasteiger partial charge is 0.174 e. The van der Waals surface area contributed by atoms with Gasteiger partial charge in [-0.1, -0.05) is 34.1 Å². The highest BCUT2D eigenvalue weighted by atomic mass is 79.9. The van der Waals surface area contributed by atoms with E-state index in [1.54, 1.807) is 6.08 Å². The summed E-state index contributed by atoms with van der Waals surface area (Å²) in [7, 11) is -3.03. The van der Waals surface area contributed by atoms with Crippen molar-refractivity contribution in [3.63, 3.8) is 0 Å². The number of rotatable bonds is 3. The van der Waals surface area contributed by atoms with Crippen LogP contribution in [-0.4, -0.2) is 20.3 Å². The minimum atomic E-state index is -3.03. The minimum Gasteiger partial charge on any atom is -0.368 e. The van der Waals surface area contributed by atoms with Crippen LogP contribution in [0.2, 0.25) is 0 Å². The van der Waals surface area contributed by atoms with Crippen molar-refractivity contribution in [2.24, 2.45) is 0 Å². The first-order valence-electron chi connectivity index (χ1n) is 4.83. The van der Waals surface area contributed by atoms with Crippen LogP contribution in [0.1, 0.15) is 5.56 Å². The zero-order valence-electron chi connectivity index (χ0n) is 8.47. The second-order valence-electron chi connectivity index (χ2n) is 3.60. The van der Waals surface area contributed by atoms with Crippen LogP contribution in [-0.2, 0) is 21.2 Å². The van der Waals surface area contributed by atoms with Crippen LogP contribution >= 0.6 is 15.9 Å². The summed E-state index contributed by atoms with van der Waals surface area (Å²) >= 11 is 3.41. The van der Waals surface area contributed by atoms with Gasteiger partial charge in [0.25, 0.3) is 0 Å². The molecule has 1 aromatic rings. The largest absolute Gasteiger partial charge is 0.368 e. The van der Waals surface area contributed by atoms with E-state index in [1.807, 2.05) is 24.3 Å². The molecule has 1 atom stereocenters. The summed E-state index contributed by atoms with van der Waals surface area (Å²) in [5.41, 5.74) is 1.01. The third kappa shape index (κ3) is 2.93. The van der Waals surface area contributed by atoms with E-state index in [4.69, 9.17) is 4.74 Å². The number of ether oxygens (including phenoxy) is 1. The van der Waals surface area contributed by atoms with Crippen LogP contribution in [0, 0.1) is 0 Å². The fourth-order valence-corrected chi connectivity index (χ4v) is 3.05. The molecular weight excluding hydrogens is 292 g/mol. The van der Waals surface area contributed by atoms with Crippen molar-refractivity contribution in [2.75, 3.05) is 5.75 Å². The van der Waals surface area contributed by atoms with E-state index in [1.165, 1.54) is 5.41 Å². The van der Waals surface area contributed by atoms with Gasteiger partial charge in [0.15, 0.2) is 9.84 Å². The van der Waals surface area contributed by atoms with Crippen molar-refractivity contribution >= 4 is 25.8 Å². The van der Waals surface area contributed by atoms with Gasteiger partial charge in [-0.25, -0.2) is 8.42 Å². The van der Waals surface area contributed by atoms with Gasteiger partial charge < -0.3 is 4.74 Å². The Bertz CT molecular complexity index is 508. The van der Waals surface area contributed by atoms with Crippen LogP contribution in [0.3, 0.4) is 0 Å². The molecule has 1 unspecified atom stereocenters. The number of sulfone groups is 1. The zero-order valence-corrected chi connectivity index (χ0v) is 10.9. The molecule has 0 bridgehead atoms. The average molecular weight is 303 g/mol. The normalized spacial score (nSPS) is 22.4. The molecule has 0 aliphatic carbocycles. The van der Waals surface area contributed by atoms with Crippen molar-refractivity contribution in [3.8, 4) is 0 Å². The molecule has 0 fully saturated rings. The molecule has 5 heteroatoms. The lowest BCUT2D eigenvalue weighted by atomic mass is 10.2. The van der Waals surface area contributed by atoms with Gasteiger partial charge in [-0.05, 0) is 17.7 Å². The second kappa shape index (κ2) is 4.69. The summed E-state index contributed by atoms with van der Waals surface area (Å²) in [6, 6.07) is 7.72. The molecule has 0 saturated heterocycles. The molecule has 1 aliphatic rings. The number of halogens is 1. The summed E-state index contributed by atoms with van der Waals surface area (Å²) < 4.78 is 28.8. The lowest BCUT2D eigenvalue weighted by molar-refractivity contribution is 0.0872. The van der Waals surface area contributed by atoms with Crippen LogP contribution in [0.4, 0.5) is 0 Å². The Hall–Kier alpha value is -0.650. The molecule has 1 aliphatic heterocycles. The lowest BCUT2D eigenvalue weighted by Crippen LogP contribution is -2.15. The third-order valence-corrected chi connectivity index (χ3v) is 4.45. The maximum absolute atomic E-state index is 11.1. The lowest BCUT2D eigenvalue weighted by Gasteiger charge is -2.10. The highest BCUT2D eigenvalue weighted by Gasteiger charge is 2.22. The molecule has 0 spiro atoms. The van der Waals surface area contributed by atoms with Gasteiger partial charge in [0.1, 0.15) is 0 Å². The number of hydrogen-bond acceptors (Lipinski definition) is 3. The molecule has 1 aromatic carbocycles. The van der Waals surface area contributed by atoms with E-state index < -0.39 is 9.84 Å². The zero-order chi connectivity index (χ0) is 11.6. The first kappa shape index (κ1) is 11.8. The van der Waals surface area contributed by atoms with Gasteiger partial charge in [-0.15, -0.1) is 0 Å². The molecule has 0 aromatic heterocycles. The van der Waals surface area contributed by atoms with Crippen LogP contribution in [0.25, 0.3) is 0 Å². The van der Waals surface area contributed by atoms with E-state index in [0.29, 0.717) is 6.61 Å². The Labute approximate surface area is 103 Å². The molecule has 16 heavy (non-hydrogen) atoms. The van der Waals surface area contributed by atoms with Gasteiger partial charge in [0.05, 0.1) is 18.5 Å². The van der Waals surface area contributed by atoms with Gasteiger partial charge in [-0.3, -0.25) is 0 Å². The molecule has 3 nitrogen and oxygen atoms in total. The predicted molar refractivity (Wildman–Crippen MR) is 65.6 cm³/mol. The highest BCUT2D eigenvalue weighted by Crippen LogP contribution is 2.19. The van der Waals surface area contributed by atoms with Crippen LogP contribution in [0.5, 0.6) is 0 Å². The maximum Gasteiger partial charge on any atom is 0.174 e. The van der Waals surface area contributed by atoms with Crippen molar-refractivity contribution in [1.82, 2.24) is 0 Å². The third-order valence-electron chi connectivity index (χ3n) is 2.31. The summed E-state index contributed by atoms with van der Waals surface area (Å²) in [6.07, 6.45) is 1.27. The molecular formula is C11H11BrO3S. The SMILES string of the molecule is O=S1(=O)C=CC(OCc2ccccc2Br)C1. The van der Waals surface area contributed by atoms with E-state index in [0.717, 1.165) is 10.0 Å². The number of hydrogen-bond donors (Lipinski definition) is 0. The van der Waals surface area contributed by atoms with Gasteiger partial charge in [0, 0.05) is 9.88 Å². The summed E-state index contributed by atoms with van der Waals surface area (Å²) in [5.74, 6) is 0.0530. The first-order chi connectivity index (χ1) is 7.57. The number of benzene rings is 1. The summed E-state index contributed by atoms with van der Waals surface area (Å²) in [4.78, 5) is 0. The summed E-state index contributed by atoms with van der Waals surface area (Å²) in [5, 5.41) is 1.22. The van der Waals surface area contributed by atoms with E-state index >= 15 is 0 Å². The van der Waals surface area contributed by atoms with Crippen LogP contribution < -0.4 is 0 Å². The van der Waals surface area contributed by atoms with Crippen molar-refractivity contribution in [3.05, 3.63) is 45.8 Å². The first-order valence-corrected chi connectivity index (χ1v) is 7.34. The second-order valence-corrected chi connectivity index (χ2v) is 6.38. The highest BCUT2D eigenvalue weighted by molar-refractivity contribution is 9.10. The molecule has 0 amide bonds. The fraction of sp³-hybridized carbons (Fsp3) is 0.273. The topological polar surface area (TPSA) is 43.4 Å². The Balaban J connectivity index is 1.95. The Morgan fingerprint density at radius 1 is 1.38 bits per heavy atom. The molecule has 86 valence electrons. The van der Waals surface area contributed by atoms with Crippen molar-refractivity contribution in [2.45, 2.75) is 12.7 Å². The van der Waals surface area contributed by atoms with Gasteiger partial charge in [0.2, 0.25) is 0 Å². The quantitative estimate of drug-likeness (QED) is 0.860. The van der Waals surface area contributed by atoms with Crippen molar-refractivity contribution in [1.29, 1.82) is 0 Å². The van der Waals surface area contributed by atoms with E-state index in [9.17, 15) is 8.42 Å². The predicted octanol–water partition coefficient (Wildman–Crippen LogP) is 2.28. The van der Waals surface area contributed by atoms with Gasteiger partial charge >= 0.3 is 0 Å². The average Bonchev–Trinajstić information content (AvgIpc) is 2.57. The molecule has 0 saturated carbocycles. The van der Waals surface area contributed by atoms with E-state index in [2.05, 4.69) is 15.9 Å². The van der Waals surface area contributed by atoms with Crippen molar-refractivity contribution < 1.29 is 13.2 Å². The van der Waals surface area contributed by atoms with Gasteiger partial charge in [-0.2, -0.15) is 0 Å². The maximum atomic E-state index is 11.1. The Morgan fingerprint density at radius 3 is 2.75 bits per heavy atom. The van der Waals surface area contributed by atoms with E-state index in [-0.39, 0.29) is 11.9 Å². The minimum absolute atomic E-state index is 0.0530. The fourth-order valence-electron chi connectivity index (χ4n) is 1.46. The molecule has 2 rings (SSSR count).